The van der Waals surface area contributed by atoms with E-state index < -0.39 is 0 Å². The lowest BCUT2D eigenvalue weighted by Gasteiger charge is -2.41. The minimum atomic E-state index is -0.0257. The molecule has 1 saturated heterocycles. The lowest BCUT2D eigenvalue weighted by atomic mass is 9.99. The molecule has 2 amide bonds. The molecule has 1 N–H and O–H groups in total. The number of ether oxygens (including phenoxy) is 1. The predicted octanol–water partition coefficient (Wildman–Crippen LogP) is 2.45. The summed E-state index contributed by atoms with van der Waals surface area (Å²) in [5, 5.41) is 3.18. The number of carbonyl (C=O) groups is 1. The first-order chi connectivity index (χ1) is 9.27. The Morgan fingerprint density at radius 3 is 2.89 bits per heavy atom. The number of allylic oxidation sites excluding steroid dienone is 1. The second-order valence-electron chi connectivity index (χ2n) is 6.09. The summed E-state index contributed by atoms with van der Waals surface area (Å²) in [7, 11) is 0. The summed E-state index contributed by atoms with van der Waals surface area (Å²) in [4.78, 5) is 14.3. The second kappa shape index (κ2) is 5.53. The third kappa shape index (κ3) is 2.94. The van der Waals surface area contributed by atoms with Crippen molar-refractivity contribution in [3.63, 3.8) is 0 Å². The van der Waals surface area contributed by atoms with E-state index in [-0.39, 0.29) is 11.6 Å². The first kappa shape index (κ1) is 13.0. The van der Waals surface area contributed by atoms with E-state index in [4.69, 9.17) is 4.74 Å². The Bertz CT molecular complexity index is 361. The molecule has 2 aliphatic carbocycles. The van der Waals surface area contributed by atoms with Crippen LogP contribution in [0.15, 0.2) is 12.2 Å². The van der Waals surface area contributed by atoms with Crippen LogP contribution in [0.1, 0.15) is 44.9 Å². The summed E-state index contributed by atoms with van der Waals surface area (Å²) in [5.74, 6) is 0. The van der Waals surface area contributed by atoms with Crippen LogP contribution in [0.5, 0.6) is 0 Å². The van der Waals surface area contributed by atoms with Crippen molar-refractivity contribution in [3.05, 3.63) is 12.2 Å². The van der Waals surface area contributed by atoms with Crippen LogP contribution in [0.3, 0.4) is 0 Å². The van der Waals surface area contributed by atoms with Gasteiger partial charge >= 0.3 is 6.03 Å². The van der Waals surface area contributed by atoms with E-state index in [0.717, 1.165) is 45.2 Å². The molecule has 0 unspecified atom stereocenters. The van der Waals surface area contributed by atoms with Gasteiger partial charge in [-0.05, 0) is 32.1 Å². The lowest BCUT2D eigenvalue weighted by Crippen LogP contribution is -2.56. The smallest absolute Gasteiger partial charge is 0.317 e. The Labute approximate surface area is 115 Å². The molecule has 0 aromatic carbocycles. The topological polar surface area (TPSA) is 41.6 Å². The molecule has 2 fully saturated rings. The third-order valence-electron chi connectivity index (χ3n) is 4.65. The highest BCUT2D eigenvalue weighted by Crippen LogP contribution is 2.35. The van der Waals surface area contributed by atoms with Crippen molar-refractivity contribution in [1.29, 1.82) is 0 Å². The molecule has 0 radical (unpaired) electrons. The summed E-state index contributed by atoms with van der Waals surface area (Å²) in [6.07, 6.45) is 12.2. The SMILES string of the molecule is O=C(N[C@H]1CC=CCC1)N1CCOC2(CCCC2)C1. The van der Waals surface area contributed by atoms with Crippen LogP contribution >= 0.6 is 0 Å². The maximum Gasteiger partial charge on any atom is 0.317 e. The number of rotatable bonds is 1. The van der Waals surface area contributed by atoms with Crippen LogP contribution in [-0.4, -0.2) is 42.3 Å². The maximum absolute atomic E-state index is 12.3. The molecule has 106 valence electrons. The molecule has 4 heteroatoms. The second-order valence-corrected chi connectivity index (χ2v) is 6.09. The van der Waals surface area contributed by atoms with Crippen molar-refractivity contribution in [3.8, 4) is 0 Å². The highest BCUT2D eigenvalue weighted by Gasteiger charge is 2.40. The van der Waals surface area contributed by atoms with Gasteiger partial charge in [0.2, 0.25) is 0 Å². The number of morpholine rings is 1. The van der Waals surface area contributed by atoms with Gasteiger partial charge in [0.05, 0.1) is 18.8 Å². The van der Waals surface area contributed by atoms with Crippen molar-refractivity contribution < 1.29 is 9.53 Å². The average Bonchev–Trinajstić information content (AvgIpc) is 2.88. The van der Waals surface area contributed by atoms with E-state index in [1.165, 1.54) is 12.8 Å². The van der Waals surface area contributed by atoms with Gasteiger partial charge in [0.25, 0.3) is 0 Å². The highest BCUT2D eigenvalue weighted by atomic mass is 16.5. The fourth-order valence-electron chi connectivity index (χ4n) is 3.53. The summed E-state index contributed by atoms with van der Waals surface area (Å²) in [6, 6.07) is 0.426. The zero-order valence-electron chi connectivity index (χ0n) is 11.6. The van der Waals surface area contributed by atoms with E-state index in [2.05, 4.69) is 17.5 Å². The van der Waals surface area contributed by atoms with Gasteiger partial charge in [0.1, 0.15) is 0 Å². The van der Waals surface area contributed by atoms with Crippen LogP contribution in [0, 0.1) is 0 Å². The van der Waals surface area contributed by atoms with Crippen LogP contribution in [0.2, 0.25) is 0 Å². The molecule has 0 bridgehead atoms. The van der Waals surface area contributed by atoms with E-state index in [0.29, 0.717) is 12.6 Å². The normalized spacial score (nSPS) is 29.7. The van der Waals surface area contributed by atoms with Gasteiger partial charge in [-0.25, -0.2) is 4.79 Å². The Kier molecular flexibility index (Phi) is 3.78. The number of nitrogens with one attached hydrogen (secondary N) is 1. The molecule has 4 nitrogen and oxygen atoms in total. The van der Waals surface area contributed by atoms with Crippen molar-refractivity contribution in [2.45, 2.75) is 56.6 Å². The van der Waals surface area contributed by atoms with Crippen molar-refractivity contribution in [1.82, 2.24) is 10.2 Å². The molecule has 0 aromatic rings. The molecule has 1 atom stereocenters. The number of amides is 2. The third-order valence-corrected chi connectivity index (χ3v) is 4.65. The molecule has 1 heterocycles. The van der Waals surface area contributed by atoms with Gasteiger partial charge in [-0.3, -0.25) is 0 Å². The quantitative estimate of drug-likeness (QED) is 0.739. The number of urea groups is 1. The maximum atomic E-state index is 12.3. The summed E-state index contributed by atoms with van der Waals surface area (Å²) < 4.78 is 5.96. The molecule has 1 spiro atoms. The van der Waals surface area contributed by atoms with E-state index >= 15 is 0 Å². The minimum Gasteiger partial charge on any atom is -0.371 e. The van der Waals surface area contributed by atoms with Crippen LogP contribution in [0.4, 0.5) is 4.79 Å². The molecule has 0 aromatic heterocycles. The monoisotopic (exact) mass is 264 g/mol. The Morgan fingerprint density at radius 2 is 2.16 bits per heavy atom. The molecule has 3 aliphatic rings. The predicted molar refractivity (Wildman–Crippen MR) is 74.0 cm³/mol. The largest absolute Gasteiger partial charge is 0.371 e. The molecule has 19 heavy (non-hydrogen) atoms. The van der Waals surface area contributed by atoms with E-state index in [1.54, 1.807) is 0 Å². The van der Waals surface area contributed by atoms with Crippen LogP contribution in [-0.2, 0) is 4.74 Å². The van der Waals surface area contributed by atoms with Gasteiger partial charge in [-0.15, -0.1) is 0 Å². The van der Waals surface area contributed by atoms with Gasteiger partial charge in [-0.2, -0.15) is 0 Å². The highest BCUT2D eigenvalue weighted by molar-refractivity contribution is 5.74. The fraction of sp³-hybridized carbons (Fsp3) is 0.800. The first-order valence-electron chi connectivity index (χ1n) is 7.62. The van der Waals surface area contributed by atoms with Gasteiger partial charge in [0, 0.05) is 12.6 Å². The number of carbonyl (C=O) groups excluding carboxylic acids is 1. The Hall–Kier alpha value is -1.03. The lowest BCUT2D eigenvalue weighted by molar-refractivity contribution is -0.0927. The summed E-state index contributed by atoms with van der Waals surface area (Å²) >= 11 is 0. The standard InChI is InChI=1S/C15H24N2O2/c18-14(16-13-6-2-1-3-7-13)17-10-11-19-15(12-17)8-4-5-9-15/h1-2,13H,3-12H2,(H,16,18)/t13-/m0/s1. The molecule has 1 saturated carbocycles. The fourth-order valence-corrected chi connectivity index (χ4v) is 3.53. The summed E-state index contributed by atoms with van der Waals surface area (Å²) in [6.45, 7) is 2.20. The van der Waals surface area contributed by atoms with Gasteiger partial charge in [-0.1, -0.05) is 25.0 Å². The van der Waals surface area contributed by atoms with Gasteiger partial charge < -0.3 is 15.0 Å². The van der Waals surface area contributed by atoms with Crippen molar-refractivity contribution in [2.24, 2.45) is 0 Å². The zero-order chi connectivity index (χ0) is 13.1. The Balaban J connectivity index is 1.55. The molecule has 3 rings (SSSR count). The van der Waals surface area contributed by atoms with Crippen molar-refractivity contribution >= 4 is 6.03 Å². The first-order valence-corrected chi connectivity index (χ1v) is 7.62. The summed E-state index contributed by atoms with van der Waals surface area (Å²) in [5.41, 5.74) is -0.0257. The number of nitrogens with zero attached hydrogens (tertiary/aromatic N) is 1. The zero-order valence-corrected chi connectivity index (χ0v) is 11.6. The van der Waals surface area contributed by atoms with E-state index in [9.17, 15) is 4.79 Å². The van der Waals surface area contributed by atoms with Gasteiger partial charge in [0.15, 0.2) is 0 Å². The molecular formula is C15H24N2O2. The van der Waals surface area contributed by atoms with Crippen LogP contribution < -0.4 is 5.32 Å². The molecule has 1 aliphatic heterocycles. The molecular weight excluding hydrogens is 240 g/mol. The van der Waals surface area contributed by atoms with E-state index in [1.807, 2.05) is 4.90 Å². The number of hydrogen-bond donors (Lipinski definition) is 1. The minimum absolute atomic E-state index is 0.0257. The van der Waals surface area contributed by atoms with Crippen molar-refractivity contribution in [2.75, 3.05) is 19.7 Å². The van der Waals surface area contributed by atoms with Crippen LogP contribution in [0.25, 0.3) is 0 Å². The Morgan fingerprint density at radius 1 is 1.32 bits per heavy atom. The average molecular weight is 264 g/mol. The number of hydrogen-bond acceptors (Lipinski definition) is 2.